The first kappa shape index (κ1) is 14.6. The summed E-state index contributed by atoms with van der Waals surface area (Å²) in [6, 6.07) is 9.02. The highest BCUT2D eigenvalue weighted by Crippen LogP contribution is 2.40. The van der Waals surface area contributed by atoms with Crippen molar-refractivity contribution in [2.75, 3.05) is 6.54 Å². The van der Waals surface area contributed by atoms with Crippen LogP contribution in [0, 0.1) is 18.8 Å². The van der Waals surface area contributed by atoms with Crippen molar-refractivity contribution < 1.29 is 4.42 Å². The Hall–Kier alpha value is -1.28. The van der Waals surface area contributed by atoms with Gasteiger partial charge in [-0.3, -0.25) is 0 Å². The average molecular weight is 285 g/mol. The lowest BCUT2D eigenvalue weighted by atomic mass is 9.94. The molecule has 0 spiro atoms. The Morgan fingerprint density at radius 2 is 2.19 bits per heavy atom. The zero-order valence-electron chi connectivity index (χ0n) is 13.5. The summed E-state index contributed by atoms with van der Waals surface area (Å²) in [7, 11) is 0. The monoisotopic (exact) mass is 285 g/mol. The topological polar surface area (TPSA) is 25.2 Å². The van der Waals surface area contributed by atoms with Crippen LogP contribution >= 0.6 is 0 Å². The number of para-hydroxylation sites is 1. The fourth-order valence-corrected chi connectivity index (χ4v) is 3.74. The quantitative estimate of drug-likeness (QED) is 0.815. The lowest BCUT2D eigenvalue weighted by Gasteiger charge is -2.23. The summed E-state index contributed by atoms with van der Waals surface area (Å²) in [6.07, 6.45) is 5.16. The van der Waals surface area contributed by atoms with Gasteiger partial charge in [0, 0.05) is 5.39 Å². The van der Waals surface area contributed by atoms with Gasteiger partial charge in [-0.1, -0.05) is 38.5 Å². The lowest BCUT2D eigenvalue weighted by Crippen LogP contribution is -2.27. The maximum atomic E-state index is 6.24. The molecule has 1 fully saturated rings. The smallest absolute Gasteiger partial charge is 0.137 e. The van der Waals surface area contributed by atoms with Crippen molar-refractivity contribution in [1.29, 1.82) is 0 Å². The fraction of sp³-hybridized carbons (Fsp3) is 0.579. The lowest BCUT2D eigenvalue weighted by molar-refractivity contribution is 0.314. The highest BCUT2D eigenvalue weighted by molar-refractivity contribution is 5.81. The van der Waals surface area contributed by atoms with Crippen molar-refractivity contribution >= 4 is 11.0 Å². The number of furan rings is 1. The number of rotatable bonds is 5. The summed E-state index contributed by atoms with van der Waals surface area (Å²) >= 11 is 0. The number of nitrogens with one attached hydrogen (secondary N) is 1. The normalized spacial score (nSPS) is 23.8. The van der Waals surface area contributed by atoms with Gasteiger partial charge in [-0.25, -0.2) is 0 Å². The van der Waals surface area contributed by atoms with Crippen LogP contribution in [0.3, 0.4) is 0 Å². The van der Waals surface area contributed by atoms with E-state index in [1.807, 2.05) is 0 Å². The molecule has 1 aliphatic rings. The van der Waals surface area contributed by atoms with E-state index >= 15 is 0 Å². The molecule has 1 aromatic heterocycles. The second kappa shape index (κ2) is 6.23. The molecule has 1 aromatic carbocycles. The van der Waals surface area contributed by atoms with Crippen LogP contribution in [0.5, 0.6) is 0 Å². The molecule has 0 aliphatic heterocycles. The van der Waals surface area contributed by atoms with E-state index in [0.29, 0.717) is 12.0 Å². The molecule has 3 atom stereocenters. The van der Waals surface area contributed by atoms with Crippen molar-refractivity contribution in [3.8, 4) is 0 Å². The van der Waals surface area contributed by atoms with E-state index in [9.17, 15) is 0 Å². The van der Waals surface area contributed by atoms with Crippen molar-refractivity contribution in [2.24, 2.45) is 11.8 Å². The minimum absolute atomic E-state index is 0.377. The maximum absolute atomic E-state index is 6.24. The van der Waals surface area contributed by atoms with E-state index in [1.54, 1.807) is 0 Å². The molecule has 0 saturated heterocycles. The first-order chi connectivity index (χ1) is 10.2. The van der Waals surface area contributed by atoms with Gasteiger partial charge in [0.25, 0.3) is 0 Å². The van der Waals surface area contributed by atoms with Gasteiger partial charge in [0.1, 0.15) is 11.3 Å². The van der Waals surface area contributed by atoms with Crippen LogP contribution in [-0.4, -0.2) is 6.54 Å². The van der Waals surface area contributed by atoms with E-state index in [-0.39, 0.29) is 0 Å². The predicted molar refractivity (Wildman–Crippen MR) is 88.5 cm³/mol. The molecule has 2 heteroatoms. The van der Waals surface area contributed by atoms with Gasteiger partial charge in [0.15, 0.2) is 0 Å². The Morgan fingerprint density at radius 3 is 2.86 bits per heavy atom. The molecule has 1 heterocycles. The van der Waals surface area contributed by atoms with Crippen molar-refractivity contribution in [2.45, 2.75) is 52.5 Å². The summed E-state index contributed by atoms with van der Waals surface area (Å²) in [5.41, 5.74) is 2.29. The zero-order chi connectivity index (χ0) is 14.8. The van der Waals surface area contributed by atoms with Gasteiger partial charge in [0.05, 0.1) is 6.04 Å². The molecular weight excluding hydrogens is 258 g/mol. The van der Waals surface area contributed by atoms with Gasteiger partial charge in [0.2, 0.25) is 0 Å². The number of benzene rings is 1. The molecule has 21 heavy (non-hydrogen) atoms. The number of hydrogen-bond acceptors (Lipinski definition) is 2. The van der Waals surface area contributed by atoms with Gasteiger partial charge in [-0.05, 0) is 56.2 Å². The van der Waals surface area contributed by atoms with Gasteiger partial charge < -0.3 is 9.73 Å². The summed E-state index contributed by atoms with van der Waals surface area (Å²) in [5.74, 6) is 2.70. The standard InChI is InChI=1S/C19H27NO/c1-4-10-20-18(15-9-8-13(2)11-15)17-12-16-7-5-6-14(3)19(16)21-17/h5-7,12-13,15,18,20H,4,8-11H2,1-3H3. The third-order valence-electron chi connectivity index (χ3n) is 4.89. The van der Waals surface area contributed by atoms with E-state index in [4.69, 9.17) is 4.42 Å². The molecule has 2 aromatic rings. The Balaban J connectivity index is 1.91. The molecule has 0 amide bonds. The van der Waals surface area contributed by atoms with Crippen LogP contribution in [0.1, 0.15) is 56.9 Å². The SMILES string of the molecule is CCCNC(c1cc2cccc(C)c2o1)C1CCC(C)C1. The Morgan fingerprint density at radius 1 is 1.33 bits per heavy atom. The van der Waals surface area contributed by atoms with Crippen molar-refractivity contribution in [1.82, 2.24) is 5.32 Å². The maximum Gasteiger partial charge on any atom is 0.137 e. The Bertz CT molecular complexity index is 601. The zero-order valence-corrected chi connectivity index (χ0v) is 13.5. The Kier molecular flexibility index (Phi) is 4.34. The van der Waals surface area contributed by atoms with Crippen LogP contribution in [-0.2, 0) is 0 Å². The highest BCUT2D eigenvalue weighted by atomic mass is 16.3. The molecule has 0 radical (unpaired) electrons. The number of fused-ring (bicyclic) bond motifs is 1. The molecule has 1 aliphatic carbocycles. The van der Waals surface area contributed by atoms with E-state index < -0.39 is 0 Å². The molecular formula is C19H27NO. The highest BCUT2D eigenvalue weighted by Gasteiger charge is 2.31. The van der Waals surface area contributed by atoms with Crippen LogP contribution in [0.15, 0.2) is 28.7 Å². The minimum atomic E-state index is 0.377. The second-order valence-electron chi connectivity index (χ2n) is 6.75. The van der Waals surface area contributed by atoms with Crippen molar-refractivity contribution in [3.63, 3.8) is 0 Å². The summed E-state index contributed by atoms with van der Waals surface area (Å²) in [4.78, 5) is 0. The number of aryl methyl sites for hydroxylation is 1. The fourth-order valence-electron chi connectivity index (χ4n) is 3.74. The van der Waals surface area contributed by atoms with E-state index in [0.717, 1.165) is 30.2 Å². The minimum Gasteiger partial charge on any atom is -0.459 e. The summed E-state index contributed by atoms with van der Waals surface area (Å²) in [5, 5.41) is 4.97. The molecule has 3 unspecified atom stereocenters. The van der Waals surface area contributed by atoms with Crippen LogP contribution in [0.25, 0.3) is 11.0 Å². The van der Waals surface area contributed by atoms with Crippen LogP contribution in [0.4, 0.5) is 0 Å². The molecule has 114 valence electrons. The summed E-state index contributed by atoms with van der Waals surface area (Å²) in [6.45, 7) is 7.79. The molecule has 1 N–H and O–H groups in total. The van der Waals surface area contributed by atoms with E-state index in [1.165, 1.54) is 30.2 Å². The van der Waals surface area contributed by atoms with Crippen LogP contribution in [0.2, 0.25) is 0 Å². The predicted octanol–water partition coefficient (Wildman–Crippen LogP) is 5.22. The van der Waals surface area contributed by atoms with Crippen LogP contribution < -0.4 is 5.32 Å². The van der Waals surface area contributed by atoms with Crippen molar-refractivity contribution in [3.05, 3.63) is 35.6 Å². The molecule has 1 saturated carbocycles. The van der Waals surface area contributed by atoms with Gasteiger partial charge in [-0.2, -0.15) is 0 Å². The van der Waals surface area contributed by atoms with Gasteiger partial charge >= 0.3 is 0 Å². The summed E-state index contributed by atoms with van der Waals surface area (Å²) < 4.78 is 6.24. The molecule has 2 nitrogen and oxygen atoms in total. The second-order valence-corrected chi connectivity index (χ2v) is 6.75. The third kappa shape index (κ3) is 3.01. The largest absolute Gasteiger partial charge is 0.459 e. The number of hydrogen-bond donors (Lipinski definition) is 1. The Labute approximate surface area is 127 Å². The van der Waals surface area contributed by atoms with Gasteiger partial charge in [-0.15, -0.1) is 0 Å². The molecule has 3 rings (SSSR count). The first-order valence-corrected chi connectivity index (χ1v) is 8.41. The third-order valence-corrected chi connectivity index (χ3v) is 4.89. The first-order valence-electron chi connectivity index (χ1n) is 8.41. The molecule has 0 bridgehead atoms. The average Bonchev–Trinajstić information content (AvgIpc) is 3.07. The van der Waals surface area contributed by atoms with E-state index in [2.05, 4.69) is 50.4 Å².